The molecule has 0 N–H and O–H groups in total. The van der Waals surface area contributed by atoms with Crippen molar-refractivity contribution in [2.75, 3.05) is 18.8 Å². The van der Waals surface area contributed by atoms with Gasteiger partial charge in [0, 0.05) is 23.7 Å². The van der Waals surface area contributed by atoms with Gasteiger partial charge in [-0.15, -0.1) is 0 Å². The molecular formula is C19H20ClNO3S. The van der Waals surface area contributed by atoms with Gasteiger partial charge in [0.1, 0.15) is 0 Å². The van der Waals surface area contributed by atoms with Crippen molar-refractivity contribution in [3.63, 3.8) is 0 Å². The van der Waals surface area contributed by atoms with E-state index in [0.717, 1.165) is 5.56 Å². The Morgan fingerprint density at radius 1 is 1.08 bits per heavy atom. The van der Waals surface area contributed by atoms with E-state index in [1.54, 1.807) is 41.3 Å². The average Bonchev–Trinajstić information content (AvgIpc) is 2.74. The maximum absolute atomic E-state index is 12.7. The van der Waals surface area contributed by atoms with Gasteiger partial charge in [0.25, 0.3) is 5.91 Å². The number of sulfone groups is 1. The zero-order valence-electron chi connectivity index (χ0n) is 14.0. The summed E-state index contributed by atoms with van der Waals surface area (Å²) in [4.78, 5) is 14.3. The lowest BCUT2D eigenvalue weighted by Crippen LogP contribution is -2.33. The highest BCUT2D eigenvalue weighted by molar-refractivity contribution is 7.91. The summed E-state index contributed by atoms with van der Waals surface area (Å²) >= 11 is 6.20. The zero-order valence-corrected chi connectivity index (χ0v) is 15.6. The maximum Gasteiger partial charge on any atom is 0.253 e. The molecule has 132 valence electrons. The molecule has 1 saturated heterocycles. The number of hydrogen-bond acceptors (Lipinski definition) is 3. The fraction of sp³-hybridized carbons (Fsp3) is 0.316. The topological polar surface area (TPSA) is 54.5 Å². The molecule has 1 amide bonds. The quantitative estimate of drug-likeness (QED) is 0.802. The molecule has 0 aliphatic carbocycles. The van der Waals surface area contributed by atoms with Crippen molar-refractivity contribution >= 4 is 27.3 Å². The van der Waals surface area contributed by atoms with E-state index in [-0.39, 0.29) is 18.2 Å². The van der Waals surface area contributed by atoms with Crippen LogP contribution in [0, 0.1) is 6.92 Å². The molecule has 0 saturated carbocycles. The van der Waals surface area contributed by atoms with E-state index in [4.69, 9.17) is 11.6 Å². The Morgan fingerprint density at radius 2 is 1.76 bits per heavy atom. The number of amides is 1. The largest absolute Gasteiger partial charge is 0.338 e. The van der Waals surface area contributed by atoms with Crippen LogP contribution in [-0.4, -0.2) is 38.1 Å². The Labute approximate surface area is 153 Å². The molecule has 3 rings (SSSR count). The van der Waals surface area contributed by atoms with Gasteiger partial charge in [-0.1, -0.05) is 47.5 Å². The van der Waals surface area contributed by atoms with E-state index in [2.05, 4.69) is 0 Å². The first-order valence-electron chi connectivity index (χ1n) is 8.20. The Bertz CT molecular complexity index is 878. The van der Waals surface area contributed by atoms with E-state index in [1.807, 2.05) is 19.1 Å². The molecule has 1 unspecified atom stereocenters. The van der Waals surface area contributed by atoms with Gasteiger partial charge in [0.2, 0.25) is 0 Å². The smallest absolute Gasteiger partial charge is 0.253 e. The molecule has 0 bridgehead atoms. The van der Waals surface area contributed by atoms with Crippen LogP contribution in [0.4, 0.5) is 0 Å². The minimum absolute atomic E-state index is 0.0551. The van der Waals surface area contributed by atoms with E-state index in [9.17, 15) is 13.2 Å². The fourth-order valence-electron chi connectivity index (χ4n) is 3.11. The van der Waals surface area contributed by atoms with Gasteiger partial charge in [0.05, 0.1) is 11.0 Å². The predicted molar refractivity (Wildman–Crippen MR) is 99.7 cm³/mol. The Balaban J connectivity index is 1.84. The number of carbonyl (C=O) groups is 1. The SMILES string of the molecule is Cc1ccc(C(=O)N2CCC(c3ccccc3Cl)S(=O)(=O)CC2)cc1. The lowest BCUT2D eigenvalue weighted by Gasteiger charge is -2.20. The zero-order chi connectivity index (χ0) is 18.0. The number of rotatable bonds is 2. The number of carbonyl (C=O) groups excluding carboxylic acids is 1. The molecule has 0 spiro atoms. The van der Waals surface area contributed by atoms with Crippen molar-refractivity contribution < 1.29 is 13.2 Å². The van der Waals surface area contributed by atoms with Gasteiger partial charge in [-0.3, -0.25) is 4.79 Å². The molecule has 6 heteroatoms. The molecule has 1 aliphatic heterocycles. The molecule has 1 heterocycles. The minimum Gasteiger partial charge on any atom is -0.338 e. The molecule has 1 aliphatic rings. The van der Waals surface area contributed by atoms with Gasteiger partial charge >= 0.3 is 0 Å². The van der Waals surface area contributed by atoms with Crippen molar-refractivity contribution in [3.8, 4) is 0 Å². The van der Waals surface area contributed by atoms with Crippen molar-refractivity contribution in [2.45, 2.75) is 18.6 Å². The summed E-state index contributed by atoms with van der Waals surface area (Å²) < 4.78 is 25.4. The summed E-state index contributed by atoms with van der Waals surface area (Å²) in [5.41, 5.74) is 2.28. The third-order valence-corrected chi connectivity index (χ3v) is 7.03. The highest BCUT2D eigenvalue weighted by Gasteiger charge is 2.33. The highest BCUT2D eigenvalue weighted by atomic mass is 35.5. The number of aryl methyl sites for hydroxylation is 1. The second-order valence-electron chi connectivity index (χ2n) is 6.32. The fourth-order valence-corrected chi connectivity index (χ4v) is 5.26. The van der Waals surface area contributed by atoms with Crippen LogP contribution in [0.5, 0.6) is 0 Å². The molecule has 0 aromatic heterocycles. The van der Waals surface area contributed by atoms with Crippen LogP contribution >= 0.6 is 11.6 Å². The highest BCUT2D eigenvalue weighted by Crippen LogP contribution is 2.34. The van der Waals surface area contributed by atoms with Crippen LogP contribution in [0.3, 0.4) is 0 Å². The molecule has 0 radical (unpaired) electrons. The maximum atomic E-state index is 12.7. The lowest BCUT2D eigenvalue weighted by molar-refractivity contribution is 0.0766. The van der Waals surface area contributed by atoms with Gasteiger partial charge in [0.15, 0.2) is 9.84 Å². The van der Waals surface area contributed by atoms with Crippen LogP contribution < -0.4 is 0 Å². The van der Waals surface area contributed by atoms with Crippen molar-refractivity contribution in [1.82, 2.24) is 4.90 Å². The summed E-state index contributed by atoms with van der Waals surface area (Å²) in [5, 5.41) is -0.216. The molecule has 2 aromatic carbocycles. The van der Waals surface area contributed by atoms with E-state index in [0.29, 0.717) is 29.1 Å². The Kier molecular flexibility index (Phi) is 5.16. The van der Waals surface area contributed by atoms with Gasteiger partial charge in [-0.25, -0.2) is 8.42 Å². The van der Waals surface area contributed by atoms with Gasteiger partial charge < -0.3 is 4.90 Å². The molecule has 1 atom stereocenters. The first-order chi connectivity index (χ1) is 11.9. The lowest BCUT2D eigenvalue weighted by atomic mass is 10.1. The predicted octanol–water partition coefficient (Wildman–Crippen LogP) is 3.65. The molecule has 25 heavy (non-hydrogen) atoms. The number of hydrogen-bond donors (Lipinski definition) is 0. The van der Waals surface area contributed by atoms with E-state index < -0.39 is 15.1 Å². The monoisotopic (exact) mass is 377 g/mol. The standard InChI is InChI=1S/C19H20ClNO3S/c1-14-6-8-15(9-7-14)19(22)21-11-10-18(25(23,24)13-12-21)16-4-2-3-5-17(16)20/h2-9,18H,10-13H2,1H3. The molecular weight excluding hydrogens is 358 g/mol. The molecule has 2 aromatic rings. The Morgan fingerprint density at radius 3 is 2.44 bits per heavy atom. The number of benzene rings is 2. The molecule has 4 nitrogen and oxygen atoms in total. The van der Waals surface area contributed by atoms with Crippen molar-refractivity contribution in [1.29, 1.82) is 0 Å². The van der Waals surface area contributed by atoms with Crippen LogP contribution in [0.15, 0.2) is 48.5 Å². The second kappa shape index (κ2) is 7.18. The molecule has 1 fully saturated rings. The third-order valence-electron chi connectivity index (χ3n) is 4.58. The second-order valence-corrected chi connectivity index (χ2v) is 9.03. The summed E-state index contributed by atoms with van der Waals surface area (Å²) in [5.74, 6) is -0.185. The van der Waals surface area contributed by atoms with Gasteiger partial charge in [-0.2, -0.15) is 0 Å². The number of nitrogens with zero attached hydrogens (tertiary/aromatic N) is 1. The minimum atomic E-state index is -3.37. The average molecular weight is 378 g/mol. The number of halogens is 1. The summed E-state index contributed by atoms with van der Waals surface area (Å²) in [7, 11) is -3.37. The summed E-state index contributed by atoms with van der Waals surface area (Å²) in [6.45, 7) is 2.55. The normalized spacial score (nSPS) is 20.1. The summed E-state index contributed by atoms with van der Waals surface area (Å²) in [6, 6.07) is 14.3. The van der Waals surface area contributed by atoms with Crippen LogP contribution in [-0.2, 0) is 9.84 Å². The van der Waals surface area contributed by atoms with Crippen LogP contribution in [0.2, 0.25) is 5.02 Å². The first kappa shape index (κ1) is 18.0. The van der Waals surface area contributed by atoms with Crippen molar-refractivity contribution in [3.05, 3.63) is 70.2 Å². The first-order valence-corrected chi connectivity index (χ1v) is 10.3. The van der Waals surface area contributed by atoms with E-state index in [1.165, 1.54) is 0 Å². The van der Waals surface area contributed by atoms with Gasteiger partial charge in [-0.05, 0) is 37.1 Å². The third kappa shape index (κ3) is 3.88. The van der Waals surface area contributed by atoms with E-state index >= 15 is 0 Å². The summed E-state index contributed by atoms with van der Waals surface area (Å²) in [6.07, 6.45) is 0.351. The Hall–Kier alpha value is -1.85. The van der Waals surface area contributed by atoms with Crippen LogP contribution in [0.1, 0.15) is 33.2 Å². The van der Waals surface area contributed by atoms with Crippen molar-refractivity contribution in [2.24, 2.45) is 0 Å². The van der Waals surface area contributed by atoms with Crippen LogP contribution in [0.25, 0.3) is 0 Å².